The summed E-state index contributed by atoms with van der Waals surface area (Å²) in [5, 5.41) is 4.17. The number of rotatable bonds is 7. The first-order valence-electron chi connectivity index (χ1n) is 10.1. The van der Waals surface area contributed by atoms with Gasteiger partial charge in [0.25, 0.3) is 5.91 Å². The van der Waals surface area contributed by atoms with Crippen LogP contribution in [0.25, 0.3) is 0 Å². The van der Waals surface area contributed by atoms with Crippen LogP contribution in [-0.4, -0.2) is 59.5 Å². The predicted molar refractivity (Wildman–Crippen MR) is 118 cm³/mol. The highest BCUT2D eigenvalue weighted by Crippen LogP contribution is 2.25. The van der Waals surface area contributed by atoms with E-state index < -0.39 is 0 Å². The zero-order valence-corrected chi connectivity index (χ0v) is 18.2. The minimum Gasteiger partial charge on any atom is -0.354 e. The van der Waals surface area contributed by atoms with Gasteiger partial charge in [0.2, 0.25) is 0 Å². The lowest BCUT2D eigenvalue weighted by molar-refractivity contribution is 0.0951. The first-order chi connectivity index (χ1) is 14.1. The molecule has 154 valence electrons. The summed E-state index contributed by atoms with van der Waals surface area (Å²) in [6.07, 6.45) is 2.19. The number of benzene rings is 1. The molecule has 1 N–H and O–H groups in total. The van der Waals surface area contributed by atoms with E-state index in [0.29, 0.717) is 21.9 Å². The number of anilines is 1. The van der Waals surface area contributed by atoms with Gasteiger partial charge in [-0.05, 0) is 37.1 Å². The van der Waals surface area contributed by atoms with Crippen LogP contribution in [0.15, 0.2) is 35.5 Å². The Bertz CT molecular complexity index is 851. The molecule has 2 heterocycles. The second-order valence-electron chi connectivity index (χ2n) is 7.49. The van der Waals surface area contributed by atoms with Crippen molar-refractivity contribution in [1.29, 1.82) is 0 Å². The molecule has 0 radical (unpaired) electrons. The lowest BCUT2D eigenvalue weighted by Crippen LogP contribution is -2.46. The van der Waals surface area contributed by atoms with Crippen molar-refractivity contribution >= 4 is 35.1 Å². The molecule has 1 saturated heterocycles. The Balaban J connectivity index is 1.35. The van der Waals surface area contributed by atoms with Gasteiger partial charge in [0.1, 0.15) is 11.0 Å². The van der Waals surface area contributed by atoms with E-state index in [9.17, 15) is 4.79 Å². The summed E-state index contributed by atoms with van der Waals surface area (Å²) >= 11 is 7.82. The Morgan fingerprint density at radius 1 is 1.17 bits per heavy atom. The normalized spacial score (nSPS) is 17.4. The average molecular weight is 432 g/mol. The van der Waals surface area contributed by atoms with Crippen molar-refractivity contribution in [3.05, 3.63) is 46.6 Å². The van der Waals surface area contributed by atoms with E-state index in [1.165, 1.54) is 0 Å². The van der Waals surface area contributed by atoms with E-state index in [1.54, 1.807) is 11.8 Å². The SMILES string of the molecule is CCN1CCN(c2cc(Cl)nc(SCc3ccc(C(=O)NC4CC4)cc3)n2)CC1. The van der Waals surface area contributed by atoms with Crippen molar-refractivity contribution in [2.45, 2.75) is 36.7 Å². The van der Waals surface area contributed by atoms with Gasteiger partial charge in [-0.1, -0.05) is 42.4 Å². The summed E-state index contributed by atoms with van der Waals surface area (Å²) in [7, 11) is 0. The first kappa shape index (κ1) is 20.4. The van der Waals surface area contributed by atoms with Crippen molar-refractivity contribution < 1.29 is 4.79 Å². The molecule has 0 atom stereocenters. The van der Waals surface area contributed by atoms with Gasteiger partial charge in [-0.2, -0.15) is 0 Å². The van der Waals surface area contributed by atoms with Crippen molar-refractivity contribution in [2.24, 2.45) is 0 Å². The Hall–Kier alpha value is -1.83. The van der Waals surface area contributed by atoms with Crippen LogP contribution in [0.4, 0.5) is 5.82 Å². The molecule has 0 unspecified atom stereocenters. The van der Waals surface area contributed by atoms with Gasteiger partial charge in [0.15, 0.2) is 5.16 Å². The zero-order chi connectivity index (χ0) is 20.2. The lowest BCUT2D eigenvalue weighted by Gasteiger charge is -2.34. The first-order valence-corrected chi connectivity index (χ1v) is 11.5. The Labute approximate surface area is 181 Å². The Morgan fingerprint density at radius 2 is 1.90 bits per heavy atom. The van der Waals surface area contributed by atoms with Crippen LogP contribution in [0.5, 0.6) is 0 Å². The van der Waals surface area contributed by atoms with Crippen molar-refractivity contribution in [2.75, 3.05) is 37.6 Å². The molecule has 2 aromatic rings. The van der Waals surface area contributed by atoms with E-state index in [0.717, 1.165) is 62.7 Å². The molecule has 1 aliphatic carbocycles. The fourth-order valence-electron chi connectivity index (χ4n) is 3.30. The summed E-state index contributed by atoms with van der Waals surface area (Å²) in [6, 6.07) is 9.96. The van der Waals surface area contributed by atoms with Gasteiger partial charge < -0.3 is 15.1 Å². The minimum atomic E-state index is 0.0117. The van der Waals surface area contributed by atoms with E-state index in [2.05, 4.69) is 27.0 Å². The molecule has 1 aliphatic heterocycles. The molecular weight excluding hydrogens is 406 g/mol. The van der Waals surface area contributed by atoms with Crippen LogP contribution in [0.2, 0.25) is 5.15 Å². The largest absolute Gasteiger partial charge is 0.354 e. The smallest absolute Gasteiger partial charge is 0.251 e. The number of halogens is 1. The van der Waals surface area contributed by atoms with E-state index in [1.807, 2.05) is 30.3 Å². The quantitative estimate of drug-likeness (QED) is 0.411. The third-order valence-electron chi connectivity index (χ3n) is 5.30. The molecular formula is C21H26ClN5OS. The zero-order valence-electron chi connectivity index (χ0n) is 16.6. The molecule has 1 aromatic carbocycles. The Morgan fingerprint density at radius 3 is 2.55 bits per heavy atom. The van der Waals surface area contributed by atoms with Gasteiger partial charge in [-0.15, -0.1) is 0 Å². The summed E-state index contributed by atoms with van der Waals surface area (Å²) in [6.45, 7) is 7.27. The molecule has 2 aliphatic rings. The highest BCUT2D eigenvalue weighted by Gasteiger charge is 2.23. The monoisotopic (exact) mass is 431 g/mol. The standard InChI is InChI=1S/C21H26ClN5OS/c1-2-26-9-11-27(12-10-26)19-13-18(22)24-21(25-19)29-14-15-3-5-16(6-4-15)20(28)23-17-7-8-17/h3-6,13,17H,2,7-12,14H2,1H3,(H,23,28). The number of hydrogen-bond donors (Lipinski definition) is 1. The van der Waals surface area contributed by atoms with E-state index >= 15 is 0 Å². The van der Waals surface area contributed by atoms with Gasteiger partial charge in [0.05, 0.1) is 0 Å². The molecule has 6 nitrogen and oxygen atoms in total. The summed E-state index contributed by atoms with van der Waals surface area (Å²) in [5.41, 5.74) is 1.83. The van der Waals surface area contributed by atoms with Crippen LogP contribution >= 0.6 is 23.4 Å². The molecule has 1 amide bonds. The number of nitrogens with one attached hydrogen (secondary N) is 1. The second-order valence-corrected chi connectivity index (χ2v) is 8.82. The minimum absolute atomic E-state index is 0.0117. The summed E-state index contributed by atoms with van der Waals surface area (Å²) in [4.78, 5) is 25.9. The maximum absolute atomic E-state index is 12.1. The lowest BCUT2D eigenvalue weighted by atomic mass is 10.1. The molecule has 8 heteroatoms. The molecule has 1 aromatic heterocycles. The third-order valence-corrected chi connectivity index (χ3v) is 6.41. The second kappa shape index (κ2) is 9.32. The molecule has 2 fully saturated rings. The molecule has 1 saturated carbocycles. The number of amides is 1. The highest BCUT2D eigenvalue weighted by molar-refractivity contribution is 7.98. The summed E-state index contributed by atoms with van der Waals surface area (Å²) in [5.74, 6) is 1.64. The van der Waals surface area contributed by atoms with Crippen LogP contribution < -0.4 is 10.2 Å². The van der Waals surface area contributed by atoms with Crippen LogP contribution in [0.3, 0.4) is 0 Å². The number of hydrogen-bond acceptors (Lipinski definition) is 6. The van der Waals surface area contributed by atoms with Gasteiger partial charge in [0, 0.05) is 49.6 Å². The van der Waals surface area contributed by atoms with Crippen LogP contribution in [0.1, 0.15) is 35.7 Å². The molecule has 4 rings (SSSR count). The Kier molecular flexibility index (Phi) is 6.57. The number of thioether (sulfide) groups is 1. The third kappa shape index (κ3) is 5.62. The fraction of sp³-hybridized carbons (Fsp3) is 0.476. The van der Waals surface area contributed by atoms with E-state index in [4.69, 9.17) is 16.6 Å². The van der Waals surface area contributed by atoms with Crippen LogP contribution in [-0.2, 0) is 5.75 Å². The van der Waals surface area contributed by atoms with Gasteiger partial charge in [-0.3, -0.25) is 4.79 Å². The van der Waals surface area contributed by atoms with Crippen molar-refractivity contribution in [3.8, 4) is 0 Å². The number of carbonyl (C=O) groups is 1. The highest BCUT2D eigenvalue weighted by atomic mass is 35.5. The number of carbonyl (C=O) groups excluding carboxylic acids is 1. The van der Waals surface area contributed by atoms with Crippen molar-refractivity contribution in [1.82, 2.24) is 20.2 Å². The number of likely N-dealkylation sites (N-methyl/N-ethyl adjacent to an activating group) is 1. The van der Waals surface area contributed by atoms with Gasteiger partial charge in [-0.25, -0.2) is 9.97 Å². The predicted octanol–water partition coefficient (Wildman–Crippen LogP) is 3.46. The van der Waals surface area contributed by atoms with Gasteiger partial charge >= 0.3 is 0 Å². The fourth-order valence-corrected chi connectivity index (χ4v) is 4.34. The van der Waals surface area contributed by atoms with Crippen LogP contribution in [0, 0.1) is 0 Å². The summed E-state index contributed by atoms with van der Waals surface area (Å²) < 4.78 is 0. The maximum Gasteiger partial charge on any atom is 0.251 e. The van der Waals surface area contributed by atoms with E-state index in [-0.39, 0.29) is 5.91 Å². The number of nitrogens with zero attached hydrogens (tertiary/aromatic N) is 4. The number of aromatic nitrogens is 2. The maximum atomic E-state index is 12.1. The molecule has 0 bridgehead atoms. The topological polar surface area (TPSA) is 61.4 Å². The molecule has 29 heavy (non-hydrogen) atoms. The number of piperazine rings is 1. The average Bonchev–Trinajstić information content (AvgIpc) is 3.56. The molecule has 0 spiro atoms. The van der Waals surface area contributed by atoms with Crippen molar-refractivity contribution in [3.63, 3.8) is 0 Å².